The van der Waals surface area contributed by atoms with E-state index >= 15 is 0 Å². The Hall–Kier alpha value is -1.98. The molecule has 3 rings (SSSR count). The lowest BCUT2D eigenvalue weighted by Gasteiger charge is -2.09. The van der Waals surface area contributed by atoms with Crippen molar-refractivity contribution in [2.45, 2.75) is 12.5 Å². The molecule has 96 valence electrons. The Morgan fingerprint density at radius 1 is 1.26 bits per heavy atom. The number of hydrogen-bond donors (Lipinski definition) is 2. The summed E-state index contributed by atoms with van der Waals surface area (Å²) >= 11 is 1.55. The smallest absolute Gasteiger partial charge is 0.0954 e. The SMILES string of the molecule is OC(Cc1nccs1)c1cn[nH]c1-c1ccccc1. The second-order valence-corrected chi connectivity index (χ2v) is 5.19. The Labute approximate surface area is 114 Å². The number of nitrogens with zero attached hydrogens (tertiary/aromatic N) is 2. The maximum absolute atomic E-state index is 10.3. The number of H-pyrrole nitrogens is 1. The number of aromatic amines is 1. The van der Waals surface area contributed by atoms with Gasteiger partial charge in [-0.2, -0.15) is 5.10 Å². The average Bonchev–Trinajstić information content (AvgIpc) is 3.10. The van der Waals surface area contributed by atoms with Gasteiger partial charge < -0.3 is 5.11 Å². The highest BCUT2D eigenvalue weighted by Gasteiger charge is 2.17. The van der Waals surface area contributed by atoms with Crippen molar-refractivity contribution in [3.63, 3.8) is 0 Å². The van der Waals surface area contributed by atoms with Crippen molar-refractivity contribution in [3.05, 3.63) is 58.7 Å². The molecule has 19 heavy (non-hydrogen) atoms. The van der Waals surface area contributed by atoms with Gasteiger partial charge in [0.2, 0.25) is 0 Å². The molecule has 0 aliphatic carbocycles. The number of rotatable bonds is 4. The van der Waals surface area contributed by atoms with E-state index in [0.29, 0.717) is 6.42 Å². The van der Waals surface area contributed by atoms with Gasteiger partial charge in [0.05, 0.1) is 23.0 Å². The molecule has 0 aliphatic rings. The summed E-state index contributed by atoms with van der Waals surface area (Å²) in [6.45, 7) is 0. The van der Waals surface area contributed by atoms with Crippen molar-refractivity contribution in [1.82, 2.24) is 15.2 Å². The predicted octanol–water partition coefficient (Wildman–Crippen LogP) is 2.81. The minimum Gasteiger partial charge on any atom is -0.388 e. The Morgan fingerprint density at radius 2 is 2.11 bits per heavy atom. The maximum Gasteiger partial charge on any atom is 0.0954 e. The van der Waals surface area contributed by atoms with Crippen LogP contribution in [0.1, 0.15) is 16.7 Å². The van der Waals surface area contributed by atoms with Gasteiger partial charge in [-0.15, -0.1) is 11.3 Å². The van der Waals surface area contributed by atoms with Crippen LogP contribution in [0.3, 0.4) is 0 Å². The minimum absolute atomic E-state index is 0.511. The summed E-state index contributed by atoms with van der Waals surface area (Å²) in [5, 5.41) is 20.2. The van der Waals surface area contributed by atoms with Gasteiger partial charge in [-0.05, 0) is 5.56 Å². The molecule has 1 aromatic carbocycles. The van der Waals surface area contributed by atoms with Crippen molar-refractivity contribution in [2.24, 2.45) is 0 Å². The summed E-state index contributed by atoms with van der Waals surface area (Å²) in [6, 6.07) is 9.88. The fourth-order valence-corrected chi connectivity index (χ4v) is 2.67. The highest BCUT2D eigenvalue weighted by Crippen LogP contribution is 2.28. The normalized spacial score (nSPS) is 12.5. The van der Waals surface area contributed by atoms with Crippen LogP contribution in [-0.2, 0) is 6.42 Å². The summed E-state index contributed by atoms with van der Waals surface area (Å²) in [5.41, 5.74) is 2.69. The van der Waals surface area contributed by atoms with Crippen LogP contribution in [0.25, 0.3) is 11.3 Å². The first-order valence-corrected chi connectivity index (χ1v) is 6.87. The number of hydrogen-bond acceptors (Lipinski definition) is 4. The molecule has 1 atom stereocenters. The number of thiazole rings is 1. The van der Waals surface area contributed by atoms with Gasteiger partial charge in [-0.3, -0.25) is 5.10 Å². The Morgan fingerprint density at radius 3 is 2.84 bits per heavy atom. The second-order valence-electron chi connectivity index (χ2n) is 4.21. The lowest BCUT2D eigenvalue weighted by Crippen LogP contribution is -2.02. The quantitative estimate of drug-likeness (QED) is 0.767. The molecule has 0 saturated heterocycles. The topological polar surface area (TPSA) is 61.8 Å². The summed E-state index contributed by atoms with van der Waals surface area (Å²) in [6.07, 6.45) is 3.35. The van der Waals surface area contributed by atoms with E-state index in [4.69, 9.17) is 0 Å². The molecule has 0 radical (unpaired) electrons. The van der Waals surface area contributed by atoms with Crippen LogP contribution in [0.15, 0.2) is 48.1 Å². The van der Waals surface area contributed by atoms with E-state index in [1.807, 2.05) is 35.7 Å². The van der Waals surface area contributed by atoms with Crippen molar-refractivity contribution in [3.8, 4) is 11.3 Å². The van der Waals surface area contributed by atoms with Gasteiger partial charge in [0.1, 0.15) is 0 Å². The van der Waals surface area contributed by atoms with E-state index in [1.165, 1.54) is 0 Å². The number of aliphatic hydroxyl groups excluding tert-OH is 1. The summed E-state index contributed by atoms with van der Waals surface area (Å²) in [4.78, 5) is 4.20. The van der Waals surface area contributed by atoms with E-state index in [0.717, 1.165) is 21.8 Å². The molecule has 2 aromatic heterocycles. The summed E-state index contributed by atoms with van der Waals surface area (Å²) < 4.78 is 0. The molecule has 0 fully saturated rings. The molecule has 0 bridgehead atoms. The third-order valence-electron chi connectivity index (χ3n) is 2.94. The monoisotopic (exact) mass is 271 g/mol. The second kappa shape index (κ2) is 5.34. The van der Waals surface area contributed by atoms with Gasteiger partial charge in [0.25, 0.3) is 0 Å². The first-order valence-electron chi connectivity index (χ1n) is 5.99. The van der Waals surface area contributed by atoms with Crippen molar-refractivity contribution in [1.29, 1.82) is 0 Å². The van der Waals surface area contributed by atoms with Crippen molar-refractivity contribution >= 4 is 11.3 Å². The molecular weight excluding hydrogens is 258 g/mol. The van der Waals surface area contributed by atoms with Crippen LogP contribution >= 0.6 is 11.3 Å². The molecule has 0 spiro atoms. The Bertz CT molecular complexity index is 634. The molecule has 0 aliphatic heterocycles. The molecule has 3 aromatic rings. The molecule has 4 nitrogen and oxygen atoms in total. The van der Waals surface area contributed by atoms with E-state index < -0.39 is 6.10 Å². The van der Waals surface area contributed by atoms with Gasteiger partial charge in [0.15, 0.2) is 0 Å². The van der Waals surface area contributed by atoms with E-state index in [-0.39, 0.29) is 0 Å². The lowest BCUT2D eigenvalue weighted by molar-refractivity contribution is 0.179. The molecule has 0 amide bonds. The first kappa shape index (κ1) is 12.1. The van der Waals surface area contributed by atoms with Crippen LogP contribution in [0, 0.1) is 0 Å². The zero-order valence-electron chi connectivity index (χ0n) is 10.2. The number of nitrogens with one attached hydrogen (secondary N) is 1. The van der Waals surface area contributed by atoms with Crippen LogP contribution in [-0.4, -0.2) is 20.3 Å². The molecule has 1 unspecified atom stereocenters. The van der Waals surface area contributed by atoms with Gasteiger partial charge >= 0.3 is 0 Å². The average molecular weight is 271 g/mol. The van der Waals surface area contributed by atoms with Crippen molar-refractivity contribution < 1.29 is 5.11 Å². The summed E-state index contributed by atoms with van der Waals surface area (Å²) in [7, 11) is 0. The maximum atomic E-state index is 10.3. The van der Waals surface area contributed by atoms with Crippen LogP contribution < -0.4 is 0 Å². The highest BCUT2D eigenvalue weighted by atomic mass is 32.1. The molecule has 5 heteroatoms. The van der Waals surface area contributed by atoms with Gasteiger partial charge in [-0.1, -0.05) is 30.3 Å². The zero-order valence-corrected chi connectivity index (χ0v) is 11.0. The Kier molecular flexibility index (Phi) is 3.39. The van der Waals surface area contributed by atoms with Crippen LogP contribution in [0.2, 0.25) is 0 Å². The first-order chi connectivity index (χ1) is 9.34. The van der Waals surface area contributed by atoms with Gasteiger partial charge in [0, 0.05) is 23.6 Å². The molecule has 2 N–H and O–H groups in total. The fraction of sp³-hybridized carbons (Fsp3) is 0.143. The largest absolute Gasteiger partial charge is 0.388 e. The van der Waals surface area contributed by atoms with Crippen LogP contribution in [0.4, 0.5) is 0 Å². The highest BCUT2D eigenvalue weighted by molar-refractivity contribution is 7.09. The van der Waals surface area contributed by atoms with E-state index in [2.05, 4.69) is 15.2 Å². The van der Waals surface area contributed by atoms with Gasteiger partial charge in [-0.25, -0.2) is 4.98 Å². The third-order valence-corrected chi connectivity index (χ3v) is 3.74. The fourth-order valence-electron chi connectivity index (χ4n) is 2.01. The molecule has 2 heterocycles. The number of benzene rings is 1. The van der Waals surface area contributed by atoms with E-state index in [9.17, 15) is 5.11 Å². The molecule has 0 saturated carbocycles. The van der Waals surface area contributed by atoms with Crippen LogP contribution in [0.5, 0.6) is 0 Å². The molecular formula is C14H13N3OS. The number of aromatic nitrogens is 3. The van der Waals surface area contributed by atoms with E-state index in [1.54, 1.807) is 23.7 Å². The lowest BCUT2D eigenvalue weighted by atomic mass is 10.0. The summed E-state index contributed by atoms with van der Waals surface area (Å²) in [5.74, 6) is 0. The predicted molar refractivity (Wildman–Crippen MR) is 74.8 cm³/mol. The Balaban J connectivity index is 1.88. The minimum atomic E-state index is -0.597. The zero-order chi connectivity index (χ0) is 13.1. The number of aliphatic hydroxyl groups is 1. The standard InChI is InChI=1S/C14H13N3OS/c18-12(8-13-15-6-7-19-13)11-9-16-17-14(11)10-4-2-1-3-5-10/h1-7,9,12,18H,8H2,(H,16,17). The third kappa shape index (κ3) is 2.57. The van der Waals surface area contributed by atoms with Crippen molar-refractivity contribution in [2.75, 3.05) is 0 Å².